The molecule has 1 unspecified atom stereocenters. The smallest absolute Gasteiger partial charge is 0.336 e. The van der Waals surface area contributed by atoms with Crippen LogP contribution in [0.25, 0.3) is 6.08 Å². The number of carbonyl (C=O) groups is 1. The van der Waals surface area contributed by atoms with Crippen LogP contribution in [0, 0.1) is 17.1 Å². The Hall–Kier alpha value is -5.55. The van der Waals surface area contributed by atoms with Crippen LogP contribution in [-0.2, 0) is 11.4 Å². The standard InChI is InChI=1S/C34H27FN2O5/c1-2-39-31-18-24(11-16-29(31)40-21-23-8-12-25(35)13-9-23)33-27-15-14-26(19-30(27)42-34(37)28(33)20-36)41-32(38)17-10-22-6-4-3-5-7-22/h3-19,33H,2,21,37H2,1H3/b17-10+. The van der Waals surface area contributed by atoms with Gasteiger partial charge in [0.2, 0.25) is 5.88 Å². The number of ether oxygens (including phenoxy) is 4. The number of nitrogens with two attached hydrogens (primary N) is 1. The lowest BCUT2D eigenvalue weighted by Gasteiger charge is -2.27. The van der Waals surface area contributed by atoms with E-state index in [9.17, 15) is 14.4 Å². The molecule has 1 aliphatic heterocycles. The van der Waals surface area contributed by atoms with Crippen LogP contribution in [-0.4, -0.2) is 12.6 Å². The number of carbonyl (C=O) groups excluding carboxylic acids is 1. The number of rotatable bonds is 9. The van der Waals surface area contributed by atoms with Gasteiger partial charge in [-0.15, -0.1) is 0 Å². The van der Waals surface area contributed by atoms with Gasteiger partial charge in [-0.3, -0.25) is 0 Å². The van der Waals surface area contributed by atoms with Crippen molar-refractivity contribution in [3.05, 3.63) is 137 Å². The molecule has 0 spiro atoms. The predicted molar refractivity (Wildman–Crippen MR) is 155 cm³/mol. The van der Waals surface area contributed by atoms with Crippen LogP contribution < -0.4 is 24.7 Å². The summed E-state index contributed by atoms with van der Waals surface area (Å²) in [4.78, 5) is 12.4. The topological polar surface area (TPSA) is 104 Å². The molecule has 4 aromatic carbocycles. The van der Waals surface area contributed by atoms with E-state index in [1.165, 1.54) is 18.2 Å². The molecule has 0 fully saturated rings. The van der Waals surface area contributed by atoms with Gasteiger partial charge in [0.25, 0.3) is 0 Å². The summed E-state index contributed by atoms with van der Waals surface area (Å²) in [5.41, 5.74) is 9.48. The van der Waals surface area contributed by atoms with Crippen LogP contribution in [0.5, 0.6) is 23.0 Å². The van der Waals surface area contributed by atoms with Crippen molar-refractivity contribution < 1.29 is 28.1 Å². The number of nitrogens with zero attached hydrogens (tertiary/aromatic N) is 1. The molecular formula is C34H27FN2O5. The van der Waals surface area contributed by atoms with E-state index < -0.39 is 11.9 Å². The fraction of sp³-hybridized carbons (Fsp3) is 0.118. The first kappa shape index (κ1) is 28.0. The molecule has 1 aliphatic rings. The average Bonchev–Trinajstić information content (AvgIpc) is 3.00. The molecule has 0 aromatic heterocycles. The monoisotopic (exact) mass is 562 g/mol. The number of fused-ring (bicyclic) bond motifs is 1. The van der Waals surface area contributed by atoms with Gasteiger partial charge in [-0.05, 0) is 60.0 Å². The molecule has 0 saturated carbocycles. The maximum absolute atomic E-state index is 13.3. The minimum Gasteiger partial charge on any atom is -0.490 e. The van der Waals surface area contributed by atoms with Crippen LogP contribution in [0.1, 0.15) is 35.1 Å². The van der Waals surface area contributed by atoms with Crippen molar-refractivity contribution in [3.63, 3.8) is 0 Å². The first-order valence-electron chi connectivity index (χ1n) is 13.3. The van der Waals surface area contributed by atoms with E-state index in [-0.39, 0.29) is 29.6 Å². The van der Waals surface area contributed by atoms with E-state index in [0.29, 0.717) is 29.4 Å². The van der Waals surface area contributed by atoms with E-state index in [1.807, 2.05) is 43.3 Å². The van der Waals surface area contributed by atoms with Gasteiger partial charge in [0, 0.05) is 17.7 Å². The van der Waals surface area contributed by atoms with E-state index in [1.54, 1.807) is 48.5 Å². The highest BCUT2D eigenvalue weighted by molar-refractivity contribution is 5.88. The van der Waals surface area contributed by atoms with Crippen molar-refractivity contribution in [1.82, 2.24) is 0 Å². The second-order valence-electron chi connectivity index (χ2n) is 9.34. The van der Waals surface area contributed by atoms with E-state index in [0.717, 1.165) is 16.7 Å². The molecule has 8 heteroatoms. The number of halogens is 1. The molecule has 2 N–H and O–H groups in total. The van der Waals surface area contributed by atoms with Gasteiger partial charge in [0.15, 0.2) is 11.5 Å². The first-order valence-corrected chi connectivity index (χ1v) is 13.3. The normalized spacial score (nSPS) is 14.1. The maximum Gasteiger partial charge on any atom is 0.336 e. The van der Waals surface area contributed by atoms with Crippen molar-refractivity contribution in [2.24, 2.45) is 5.73 Å². The van der Waals surface area contributed by atoms with Gasteiger partial charge in [-0.2, -0.15) is 5.26 Å². The molecule has 210 valence electrons. The van der Waals surface area contributed by atoms with Crippen molar-refractivity contribution in [2.45, 2.75) is 19.4 Å². The van der Waals surface area contributed by atoms with Crippen LogP contribution in [0.3, 0.4) is 0 Å². The second-order valence-corrected chi connectivity index (χ2v) is 9.34. The third-order valence-corrected chi connectivity index (χ3v) is 6.53. The molecule has 42 heavy (non-hydrogen) atoms. The quantitative estimate of drug-likeness (QED) is 0.139. The molecule has 0 aliphatic carbocycles. The van der Waals surface area contributed by atoms with Crippen LogP contribution >= 0.6 is 0 Å². The van der Waals surface area contributed by atoms with Gasteiger partial charge in [-0.1, -0.05) is 54.6 Å². The van der Waals surface area contributed by atoms with E-state index in [2.05, 4.69) is 6.07 Å². The molecule has 1 atom stereocenters. The summed E-state index contributed by atoms with van der Waals surface area (Å²) in [5, 5.41) is 9.97. The number of nitriles is 1. The maximum atomic E-state index is 13.3. The Morgan fingerprint density at radius 1 is 1.00 bits per heavy atom. The summed E-state index contributed by atoms with van der Waals surface area (Å²) < 4.78 is 36.4. The molecule has 0 bridgehead atoms. The molecule has 5 rings (SSSR count). The third-order valence-electron chi connectivity index (χ3n) is 6.53. The van der Waals surface area contributed by atoms with Crippen molar-refractivity contribution in [2.75, 3.05) is 6.61 Å². The summed E-state index contributed by atoms with van der Waals surface area (Å²) in [7, 11) is 0. The van der Waals surface area contributed by atoms with Gasteiger partial charge in [-0.25, -0.2) is 9.18 Å². The summed E-state index contributed by atoms with van der Waals surface area (Å²) in [5.74, 6) is 0.135. The lowest BCUT2D eigenvalue weighted by Crippen LogP contribution is -2.21. The molecule has 0 radical (unpaired) electrons. The van der Waals surface area contributed by atoms with Gasteiger partial charge < -0.3 is 24.7 Å². The van der Waals surface area contributed by atoms with Crippen molar-refractivity contribution in [3.8, 4) is 29.1 Å². The number of allylic oxidation sites excluding steroid dienone is 1. The fourth-order valence-corrected chi connectivity index (χ4v) is 4.55. The Bertz CT molecular complexity index is 1690. The minimum absolute atomic E-state index is 0.0444. The van der Waals surface area contributed by atoms with Gasteiger partial charge in [0.05, 0.1) is 12.5 Å². The lowest BCUT2D eigenvalue weighted by atomic mass is 9.83. The summed E-state index contributed by atoms with van der Waals surface area (Å²) >= 11 is 0. The Labute approximate surface area is 242 Å². The lowest BCUT2D eigenvalue weighted by molar-refractivity contribution is -0.128. The highest BCUT2D eigenvalue weighted by Gasteiger charge is 2.31. The predicted octanol–water partition coefficient (Wildman–Crippen LogP) is 6.64. The average molecular weight is 563 g/mol. The summed E-state index contributed by atoms with van der Waals surface area (Å²) in [6.07, 6.45) is 3.01. The number of hydrogen-bond donors (Lipinski definition) is 1. The number of benzene rings is 4. The van der Waals surface area contributed by atoms with Crippen LogP contribution in [0.2, 0.25) is 0 Å². The highest BCUT2D eigenvalue weighted by Crippen LogP contribution is 2.45. The molecule has 7 nitrogen and oxygen atoms in total. The number of hydrogen-bond acceptors (Lipinski definition) is 7. The summed E-state index contributed by atoms with van der Waals surface area (Å²) in [6.45, 7) is 2.46. The molecular weight excluding hydrogens is 535 g/mol. The Morgan fingerprint density at radius 3 is 2.52 bits per heavy atom. The Kier molecular flexibility index (Phi) is 8.50. The molecule has 0 amide bonds. The Balaban J connectivity index is 1.40. The largest absolute Gasteiger partial charge is 0.490 e. The van der Waals surface area contributed by atoms with Crippen molar-refractivity contribution in [1.29, 1.82) is 5.26 Å². The zero-order valence-electron chi connectivity index (χ0n) is 22.8. The SMILES string of the molecule is CCOc1cc(C2C(C#N)=C(N)Oc3cc(OC(=O)/C=C/c4ccccc4)ccc32)ccc1OCc1ccc(F)cc1. The van der Waals surface area contributed by atoms with Crippen LogP contribution in [0.4, 0.5) is 4.39 Å². The second kappa shape index (κ2) is 12.7. The third kappa shape index (κ3) is 6.43. The fourth-order valence-electron chi connectivity index (χ4n) is 4.55. The molecule has 0 saturated heterocycles. The van der Waals surface area contributed by atoms with E-state index >= 15 is 0 Å². The van der Waals surface area contributed by atoms with Crippen LogP contribution in [0.15, 0.2) is 109 Å². The zero-order valence-corrected chi connectivity index (χ0v) is 22.8. The zero-order chi connectivity index (χ0) is 29.5. The van der Waals surface area contributed by atoms with Crippen molar-refractivity contribution >= 4 is 12.0 Å². The first-order chi connectivity index (χ1) is 20.4. The van der Waals surface area contributed by atoms with Gasteiger partial charge in [0.1, 0.15) is 35.6 Å². The molecule has 1 heterocycles. The van der Waals surface area contributed by atoms with E-state index in [4.69, 9.17) is 24.7 Å². The Morgan fingerprint density at radius 2 is 1.79 bits per heavy atom. The highest BCUT2D eigenvalue weighted by atomic mass is 19.1. The number of esters is 1. The van der Waals surface area contributed by atoms with Gasteiger partial charge >= 0.3 is 5.97 Å². The minimum atomic E-state index is -0.563. The summed E-state index contributed by atoms with van der Waals surface area (Å²) in [6, 6.07) is 28.0. The molecule has 4 aromatic rings.